The Hall–Kier alpha value is -0.435. The maximum atomic E-state index is 5.82. The number of nitrogens with zero attached hydrogens (tertiary/aromatic N) is 1. The van der Waals surface area contributed by atoms with E-state index in [-0.39, 0.29) is 0 Å². The van der Waals surface area contributed by atoms with Crippen LogP contribution in [0.2, 0.25) is 0 Å². The van der Waals surface area contributed by atoms with E-state index in [1.54, 1.807) is 7.11 Å². The minimum atomic E-state index is 0.436. The number of rotatable bonds is 3. The molecule has 0 N–H and O–H groups in total. The van der Waals surface area contributed by atoms with Crippen molar-refractivity contribution < 1.29 is 4.74 Å². The van der Waals surface area contributed by atoms with E-state index in [1.807, 2.05) is 4.81 Å². The molecule has 1 fully saturated rings. The third kappa shape index (κ3) is 2.56. The molecule has 0 unspecified atom stereocenters. The predicted octanol–water partition coefficient (Wildman–Crippen LogP) is 1.47. The Bertz CT molecular complexity index is 161. The summed E-state index contributed by atoms with van der Waals surface area (Å²) in [6.07, 6.45) is 4.52. The molecule has 1 aliphatic rings. The minimum Gasteiger partial charge on any atom is -0.502 e. The van der Waals surface area contributed by atoms with Gasteiger partial charge in [-0.2, -0.15) is 0 Å². The van der Waals surface area contributed by atoms with Gasteiger partial charge in [0.1, 0.15) is 0 Å². The fourth-order valence-electron chi connectivity index (χ4n) is 1.59. The molecule has 0 aromatic carbocycles. The molecule has 0 spiro atoms. The summed E-state index contributed by atoms with van der Waals surface area (Å²) in [5.74, 6) is 0.831. The zero-order valence-corrected chi connectivity index (χ0v) is 7.75. The Morgan fingerprint density at radius 1 is 1.67 bits per heavy atom. The second kappa shape index (κ2) is 4.56. The first kappa shape index (κ1) is 9.65. The maximum Gasteiger partial charge on any atom is 0.182 e. The van der Waals surface area contributed by atoms with Crippen molar-refractivity contribution in [2.75, 3.05) is 13.7 Å². The monoisotopic (exact) mass is 165 g/mol. The normalized spacial score (nSPS) is 25.2. The zero-order chi connectivity index (χ0) is 8.97. The highest BCUT2D eigenvalue weighted by atomic mass is 16.5. The van der Waals surface area contributed by atoms with Gasteiger partial charge in [0.15, 0.2) is 7.98 Å². The van der Waals surface area contributed by atoms with Crippen LogP contribution >= 0.6 is 0 Å². The quantitative estimate of drug-likeness (QED) is 0.463. The lowest BCUT2D eigenvalue weighted by molar-refractivity contribution is 0.211. The Balaban J connectivity index is 2.33. The average Bonchev–Trinajstić information content (AvgIpc) is 2.09. The summed E-state index contributed by atoms with van der Waals surface area (Å²) in [6, 6.07) is 0.436. The van der Waals surface area contributed by atoms with Gasteiger partial charge < -0.3 is 9.55 Å². The molecule has 0 amide bonds. The van der Waals surface area contributed by atoms with E-state index in [0.717, 1.165) is 18.7 Å². The molecular formula is C9H16BNO. The van der Waals surface area contributed by atoms with Crippen LogP contribution < -0.4 is 0 Å². The van der Waals surface area contributed by atoms with Gasteiger partial charge in [0.25, 0.3) is 0 Å². The molecule has 0 aliphatic carbocycles. The third-order valence-corrected chi connectivity index (χ3v) is 2.42. The van der Waals surface area contributed by atoms with Crippen molar-refractivity contribution >= 4 is 7.98 Å². The molecular weight excluding hydrogens is 149 g/mol. The van der Waals surface area contributed by atoms with Crippen molar-refractivity contribution in [1.29, 1.82) is 0 Å². The lowest BCUT2D eigenvalue weighted by atomic mass is 9.95. The molecule has 12 heavy (non-hydrogen) atoms. The van der Waals surface area contributed by atoms with Gasteiger partial charge in [-0.1, -0.05) is 13.0 Å². The van der Waals surface area contributed by atoms with Gasteiger partial charge in [0.05, 0.1) is 12.9 Å². The summed E-state index contributed by atoms with van der Waals surface area (Å²) in [5, 5.41) is 0. The van der Waals surface area contributed by atoms with Gasteiger partial charge in [0, 0.05) is 12.5 Å². The lowest BCUT2D eigenvalue weighted by Gasteiger charge is -2.33. The molecule has 1 saturated heterocycles. The number of piperidine rings is 1. The topological polar surface area (TPSA) is 12.5 Å². The van der Waals surface area contributed by atoms with Gasteiger partial charge in [0.2, 0.25) is 0 Å². The van der Waals surface area contributed by atoms with Crippen LogP contribution in [0.4, 0.5) is 0 Å². The van der Waals surface area contributed by atoms with Crippen LogP contribution in [0.1, 0.15) is 25.7 Å². The molecule has 2 radical (unpaired) electrons. The summed E-state index contributed by atoms with van der Waals surface area (Å²) in [7, 11) is 7.48. The number of hydrogen-bond donors (Lipinski definition) is 0. The molecule has 1 atom stereocenters. The van der Waals surface area contributed by atoms with E-state index in [2.05, 4.69) is 6.58 Å². The van der Waals surface area contributed by atoms with Gasteiger partial charge in [-0.3, -0.25) is 0 Å². The van der Waals surface area contributed by atoms with Crippen molar-refractivity contribution in [3.05, 3.63) is 12.3 Å². The highest BCUT2D eigenvalue weighted by Crippen LogP contribution is 2.20. The molecule has 0 bridgehead atoms. The minimum absolute atomic E-state index is 0.436. The van der Waals surface area contributed by atoms with E-state index < -0.39 is 0 Å². The summed E-state index contributed by atoms with van der Waals surface area (Å²) < 4.78 is 5.02. The van der Waals surface area contributed by atoms with E-state index >= 15 is 0 Å². The highest BCUT2D eigenvalue weighted by Gasteiger charge is 2.18. The number of methoxy groups -OCH3 is 1. The van der Waals surface area contributed by atoms with Gasteiger partial charge in [-0.15, -0.1) is 0 Å². The Morgan fingerprint density at radius 2 is 2.42 bits per heavy atom. The third-order valence-electron chi connectivity index (χ3n) is 2.42. The van der Waals surface area contributed by atoms with Gasteiger partial charge in [-0.05, 0) is 19.4 Å². The fraction of sp³-hybridized carbons (Fsp3) is 0.778. The van der Waals surface area contributed by atoms with Crippen LogP contribution in [0, 0.1) is 0 Å². The van der Waals surface area contributed by atoms with Crippen LogP contribution in [0.5, 0.6) is 0 Å². The Kier molecular flexibility index (Phi) is 3.66. The molecule has 1 rings (SSSR count). The van der Waals surface area contributed by atoms with E-state index in [4.69, 9.17) is 12.7 Å². The van der Waals surface area contributed by atoms with Crippen molar-refractivity contribution in [1.82, 2.24) is 4.81 Å². The summed E-state index contributed by atoms with van der Waals surface area (Å²) in [5.41, 5.74) is 0. The smallest absolute Gasteiger partial charge is 0.182 e. The molecule has 0 saturated carbocycles. The second-order valence-electron chi connectivity index (χ2n) is 3.33. The van der Waals surface area contributed by atoms with Crippen molar-refractivity contribution in [2.45, 2.75) is 31.7 Å². The first-order valence-corrected chi connectivity index (χ1v) is 4.47. The van der Waals surface area contributed by atoms with Gasteiger partial charge >= 0.3 is 0 Å². The number of hydrogen-bond acceptors (Lipinski definition) is 2. The van der Waals surface area contributed by atoms with Crippen LogP contribution in [-0.2, 0) is 4.74 Å². The first-order chi connectivity index (χ1) is 5.74. The SMILES string of the molecule is [B]N1CCCC[C@H]1CC(=C)OC. The van der Waals surface area contributed by atoms with Crippen molar-refractivity contribution in [2.24, 2.45) is 0 Å². The van der Waals surface area contributed by atoms with E-state index in [0.29, 0.717) is 6.04 Å². The van der Waals surface area contributed by atoms with Crippen LogP contribution in [0.3, 0.4) is 0 Å². The van der Waals surface area contributed by atoms with Crippen LogP contribution in [-0.4, -0.2) is 32.5 Å². The van der Waals surface area contributed by atoms with E-state index in [9.17, 15) is 0 Å². The number of ether oxygens (including phenoxy) is 1. The molecule has 1 aliphatic heterocycles. The van der Waals surface area contributed by atoms with Crippen LogP contribution in [0.25, 0.3) is 0 Å². The Labute approximate surface area is 76.0 Å². The Morgan fingerprint density at radius 3 is 3.00 bits per heavy atom. The average molecular weight is 165 g/mol. The molecule has 3 heteroatoms. The predicted molar refractivity (Wildman–Crippen MR) is 50.9 cm³/mol. The van der Waals surface area contributed by atoms with Crippen molar-refractivity contribution in [3.8, 4) is 0 Å². The largest absolute Gasteiger partial charge is 0.502 e. The molecule has 0 aromatic rings. The lowest BCUT2D eigenvalue weighted by Crippen LogP contribution is -2.37. The molecule has 1 heterocycles. The van der Waals surface area contributed by atoms with Crippen molar-refractivity contribution in [3.63, 3.8) is 0 Å². The summed E-state index contributed by atoms with van der Waals surface area (Å²) in [4.78, 5) is 1.91. The maximum absolute atomic E-state index is 5.82. The highest BCUT2D eigenvalue weighted by molar-refractivity contribution is 6.04. The van der Waals surface area contributed by atoms with Gasteiger partial charge in [-0.25, -0.2) is 0 Å². The second-order valence-corrected chi connectivity index (χ2v) is 3.33. The molecule has 0 aromatic heterocycles. The molecule has 66 valence electrons. The zero-order valence-electron chi connectivity index (χ0n) is 7.75. The van der Waals surface area contributed by atoms with Crippen LogP contribution in [0.15, 0.2) is 12.3 Å². The standard InChI is InChI=1S/C9H16BNO/c1-8(12-2)7-9-5-3-4-6-11(9)10/h9H,1,3-7H2,2H3/t9-/m0/s1. The first-order valence-electron chi connectivity index (χ1n) is 4.47. The summed E-state index contributed by atoms with van der Waals surface area (Å²) in [6.45, 7) is 4.80. The molecule has 2 nitrogen and oxygen atoms in total. The fourth-order valence-corrected chi connectivity index (χ4v) is 1.59. The van der Waals surface area contributed by atoms with E-state index in [1.165, 1.54) is 19.3 Å². The summed E-state index contributed by atoms with van der Waals surface area (Å²) >= 11 is 0.